The standard InChI is InChI=1S/C12H20O2/c1-5-11-7-12(14-10(4)13)9(3)6-8(11)2/h7-9,12H,5-6H2,1-4H3/t8-,9+,12+/m1/s1. The van der Waals surface area contributed by atoms with Gasteiger partial charge in [0.1, 0.15) is 6.10 Å². The molecule has 2 nitrogen and oxygen atoms in total. The highest BCUT2D eigenvalue weighted by molar-refractivity contribution is 5.66. The van der Waals surface area contributed by atoms with E-state index in [1.54, 1.807) is 0 Å². The zero-order valence-electron chi connectivity index (χ0n) is 9.54. The van der Waals surface area contributed by atoms with Crippen LogP contribution in [0.1, 0.15) is 40.5 Å². The van der Waals surface area contributed by atoms with E-state index < -0.39 is 0 Å². The molecule has 2 heteroatoms. The molecule has 0 heterocycles. The van der Waals surface area contributed by atoms with Crippen LogP contribution in [0.25, 0.3) is 0 Å². The van der Waals surface area contributed by atoms with Gasteiger partial charge in [0.05, 0.1) is 0 Å². The van der Waals surface area contributed by atoms with Gasteiger partial charge in [0.15, 0.2) is 0 Å². The first-order chi connectivity index (χ1) is 6.54. The molecule has 0 aliphatic heterocycles. The van der Waals surface area contributed by atoms with Gasteiger partial charge in [-0.3, -0.25) is 4.79 Å². The summed E-state index contributed by atoms with van der Waals surface area (Å²) in [6.45, 7) is 8.02. The van der Waals surface area contributed by atoms with Crippen molar-refractivity contribution >= 4 is 5.97 Å². The lowest BCUT2D eigenvalue weighted by atomic mass is 9.80. The van der Waals surface area contributed by atoms with Crippen LogP contribution in [0, 0.1) is 11.8 Å². The largest absolute Gasteiger partial charge is 0.458 e. The number of hydrogen-bond donors (Lipinski definition) is 0. The molecular formula is C12H20O2. The van der Waals surface area contributed by atoms with E-state index in [0.717, 1.165) is 12.8 Å². The highest BCUT2D eigenvalue weighted by Gasteiger charge is 2.26. The van der Waals surface area contributed by atoms with Gasteiger partial charge in [0.25, 0.3) is 0 Å². The van der Waals surface area contributed by atoms with Crippen LogP contribution in [0.3, 0.4) is 0 Å². The van der Waals surface area contributed by atoms with Crippen LogP contribution in [0.4, 0.5) is 0 Å². The molecule has 14 heavy (non-hydrogen) atoms. The maximum atomic E-state index is 10.9. The van der Waals surface area contributed by atoms with Gasteiger partial charge in [-0.05, 0) is 30.8 Å². The molecule has 0 saturated heterocycles. The lowest BCUT2D eigenvalue weighted by molar-refractivity contribution is -0.146. The van der Waals surface area contributed by atoms with Crippen molar-refractivity contribution in [1.82, 2.24) is 0 Å². The third-order valence-electron chi connectivity index (χ3n) is 3.01. The van der Waals surface area contributed by atoms with Gasteiger partial charge in [-0.25, -0.2) is 0 Å². The summed E-state index contributed by atoms with van der Waals surface area (Å²) < 4.78 is 5.27. The predicted molar refractivity (Wildman–Crippen MR) is 56.9 cm³/mol. The van der Waals surface area contributed by atoms with Crippen molar-refractivity contribution in [3.05, 3.63) is 11.6 Å². The quantitative estimate of drug-likeness (QED) is 0.501. The predicted octanol–water partition coefficient (Wildman–Crippen LogP) is 2.93. The summed E-state index contributed by atoms with van der Waals surface area (Å²) in [5.41, 5.74) is 1.43. The van der Waals surface area contributed by atoms with E-state index in [0.29, 0.717) is 11.8 Å². The maximum absolute atomic E-state index is 10.9. The average molecular weight is 196 g/mol. The number of esters is 1. The minimum Gasteiger partial charge on any atom is -0.458 e. The molecule has 0 aromatic rings. The van der Waals surface area contributed by atoms with Gasteiger partial charge in [0, 0.05) is 6.92 Å². The fourth-order valence-corrected chi connectivity index (χ4v) is 2.19. The molecular weight excluding hydrogens is 176 g/mol. The van der Waals surface area contributed by atoms with Crippen molar-refractivity contribution in [2.24, 2.45) is 11.8 Å². The Balaban J connectivity index is 2.74. The fraction of sp³-hybridized carbons (Fsp3) is 0.750. The Hall–Kier alpha value is -0.790. The van der Waals surface area contributed by atoms with Gasteiger partial charge in [0.2, 0.25) is 0 Å². The molecule has 0 unspecified atom stereocenters. The van der Waals surface area contributed by atoms with Crippen molar-refractivity contribution in [3.63, 3.8) is 0 Å². The summed E-state index contributed by atoms with van der Waals surface area (Å²) >= 11 is 0. The van der Waals surface area contributed by atoms with E-state index in [4.69, 9.17) is 4.74 Å². The Morgan fingerprint density at radius 1 is 1.57 bits per heavy atom. The Morgan fingerprint density at radius 3 is 2.71 bits per heavy atom. The second-order valence-corrected chi connectivity index (χ2v) is 4.28. The Labute approximate surface area is 86.3 Å². The van der Waals surface area contributed by atoms with Crippen LogP contribution in [0.5, 0.6) is 0 Å². The molecule has 0 fully saturated rings. The Kier molecular flexibility index (Phi) is 3.73. The number of rotatable bonds is 2. The molecule has 1 rings (SSSR count). The van der Waals surface area contributed by atoms with Crippen LogP contribution in [0.2, 0.25) is 0 Å². The lowest BCUT2D eigenvalue weighted by Gasteiger charge is -2.31. The van der Waals surface area contributed by atoms with Crippen LogP contribution in [-0.4, -0.2) is 12.1 Å². The molecule has 0 spiro atoms. The van der Waals surface area contributed by atoms with Crippen molar-refractivity contribution in [1.29, 1.82) is 0 Å². The fourth-order valence-electron chi connectivity index (χ4n) is 2.19. The summed E-state index contributed by atoms with van der Waals surface area (Å²) in [6.07, 6.45) is 4.32. The van der Waals surface area contributed by atoms with Gasteiger partial charge in [-0.1, -0.05) is 26.3 Å². The maximum Gasteiger partial charge on any atom is 0.303 e. The topological polar surface area (TPSA) is 26.3 Å². The van der Waals surface area contributed by atoms with Gasteiger partial charge < -0.3 is 4.74 Å². The zero-order valence-corrected chi connectivity index (χ0v) is 9.54. The third kappa shape index (κ3) is 2.60. The van der Waals surface area contributed by atoms with Crippen molar-refractivity contribution < 1.29 is 9.53 Å². The molecule has 0 N–H and O–H groups in total. The third-order valence-corrected chi connectivity index (χ3v) is 3.01. The van der Waals surface area contributed by atoms with E-state index in [1.165, 1.54) is 12.5 Å². The molecule has 3 atom stereocenters. The summed E-state index contributed by atoms with van der Waals surface area (Å²) in [7, 11) is 0. The molecule has 1 aliphatic rings. The van der Waals surface area contributed by atoms with E-state index in [-0.39, 0.29) is 12.1 Å². The molecule has 0 aromatic heterocycles. The summed E-state index contributed by atoms with van der Waals surface area (Å²) in [4.78, 5) is 10.9. The second kappa shape index (κ2) is 4.63. The molecule has 0 amide bonds. The van der Waals surface area contributed by atoms with Crippen LogP contribution < -0.4 is 0 Å². The first-order valence-corrected chi connectivity index (χ1v) is 5.42. The normalized spacial score (nSPS) is 32.3. The number of allylic oxidation sites excluding steroid dienone is 1. The smallest absolute Gasteiger partial charge is 0.303 e. The number of ether oxygens (including phenoxy) is 1. The van der Waals surface area contributed by atoms with Gasteiger partial charge in [-0.15, -0.1) is 0 Å². The first-order valence-electron chi connectivity index (χ1n) is 5.42. The molecule has 0 aromatic carbocycles. The van der Waals surface area contributed by atoms with E-state index in [1.807, 2.05) is 0 Å². The summed E-state index contributed by atoms with van der Waals surface area (Å²) in [5.74, 6) is 0.911. The SMILES string of the molecule is CCC1=C[C@H](OC(C)=O)[C@@H](C)C[C@H]1C. The van der Waals surface area contributed by atoms with Crippen LogP contribution >= 0.6 is 0 Å². The second-order valence-electron chi connectivity index (χ2n) is 4.28. The van der Waals surface area contributed by atoms with Crippen molar-refractivity contribution in [2.45, 2.75) is 46.6 Å². The number of carbonyl (C=O) groups is 1. The van der Waals surface area contributed by atoms with Crippen molar-refractivity contribution in [2.75, 3.05) is 0 Å². The van der Waals surface area contributed by atoms with E-state index in [2.05, 4.69) is 26.8 Å². The lowest BCUT2D eigenvalue weighted by Crippen LogP contribution is -2.28. The molecule has 80 valence electrons. The average Bonchev–Trinajstić information content (AvgIpc) is 2.09. The minimum atomic E-state index is -0.178. The highest BCUT2D eigenvalue weighted by atomic mass is 16.5. The van der Waals surface area contributed by atoms with Crippen LogP contribution in [-0.2, 0) is 9.53 Å². The van der Waals surface area contributed by atoms with E-state index in [9.17, 15) is 4.79 Å². The molecule has 0 bridgehead atoms. The first kappa shape index (κ1) is 11.3. The molecule has 0 radical (unpaired) electrons. The number of carbonyl (C=O) groups excluding carboxylic acids is 1. The summed E-state index contributed by atoms with van der Waals surface area (Å²) in [5, 5.41) is 0. The highest BCUT2D eigenvalue weighted by Crippen LogP contribution is 2.31. The number of hydrogen-bond acceptors (Lipinski definition) is 2. The molecule has 1 aliphatic carbocycles. The van der Waals surface area contributed by atoms with Crippen LogP contribution in [0.15, 0.2) is 11.6 Å². The Morgan fingerprint density at radius 2 is 2.21 bits per heavy atom. The monoisotopic (exact) mass is 196 g/mol. The van der Waals surface area contributed by atoms with Crippen molar-refractivity contribution in [3.8, 4) is 0 Å². The van der Waals surface area contributed by atoms with Gasteiger partial charge in [-0.2, -0.15) is 0 Å². The minimum absolute atomic E-state index is 0.00125. The Bertz CT molecular complexity index is 243. The zero-order chi connectivity index (χ0) is 10.7. The van der Waals surface area contributed by atoms with Gasteiger partial charge >= 0.3 is 5.97 Å². The molecule has 0 saturated carbocycles. The summed E-state index contributed by atoms with van der Waals surface area (Å²) in [6, 6.07) is 0. The van der Waals surface area contributed by atoms with E-state index >= 15 is 0 Å².